The lowest BCUT2D eigenvalue weighted by Crippen LogP contribution is -2.24. The first-order valence-corrected chi connectivity index (χ1v) is 5.71. The first kappa shape index (κ1) is 11.7. The number of nitrogens with zero attached hydrogens (tertiary/aromatic N) is 2. The minimum Gasteiger partial charge on any atom is -0.292 e. The number of hydrogen-bond acceptors (Lipinski definition) is 2. The lowest BCUT2D eigenvalue weighted by molar-refractivity contribution is 0.708. The molecule has 0 aliphatic heterocycles. The van der Waals surface area contributed by atoms with Gasteiger partial charge in [-0.05, 0) is 29.5 Å². The van der Waals surface area contributed by atoms with Crippen molar-refractivity contribution in [3.05, 3.63) is 38.1 Å². The van der Waals surface area contributed by atoms with Crippen molar-refractivity contribution in [2.45, 2.75) is 13.5 Å². The number of aromatic nitrogens is 2. The van der Waals surface area contributed by atoms with Crippen LogP contribution in [0.4, 0.5) is 0 Å². The molecule has 0 bridgehead atoms. The van der Waals surface area contributed by atoms with Crippen LogP contribution in [0.3, 0.4) is 0 Å². The zero-order valence-electron chi connectivity index (χ0n) is 7.70. The molecule has 5 heteroatoms. The summed E-state index contributed by atoms with van der Waals surface area (Å²) in [6.07, 6.45) is 5.26. The third-order valence-corrected chi connectivity index (χ3v) is 2.67. The number of aryl methyl sites for hydroxylation is 1. The summed E-state index contributed by atoms with van der Waals surface area (Å²) in [7, 11) is 0. The van der Waals surface area contributed by atoms with Crippen molar-refractivity contribution in [1.29, 1.82) is 0 Å². The Morgan fingerprint density at radius 1 is 1.64 bits per heavy atom. The average Bonchev–Trinajstić information content (AvgIpc) is 2.18. The van der Waals surface area contributed by atoms with Crippen molar-refractivity contribution >= 4 is 34.2 Å². The van der Waals surface area contributed by atoms with Gasteiger partial charge in [0.05, 0.1) is 3.57 Å². The van der Waals surface area contributed by atoms with Crippen LogP contribution in [-0.4, -0.2) is 15.4 Å². The van der Waals surface area contributed by atoms with Crippen LogP contribution in [0.2, 0.25) is 0 Å². The normalized spacial score (nSPS) is 11.1. The fourth-order valence-corrected chi connectivity index (χ4v) is 1.57. The van der Waals surface area contributed by atoms with Crippen molar-refractivity contribution in [3.63, 3.8) is 0 Å². The highest BCUT2D eigenvalue weighted by atomic mass is 127. The molecule has 1 aromatic rings. The summed E-state index contributed by atoms with van der Waals surface area (Å²) in [4.78, 5) is 15.7. The average molecular weight is 325 g/mol. The molecule has 0 aliphatic rings. The minimum atomic E-state index is -0.00248. The van der Waals surface area contributed by atoms with Gasteiger partial charge < -0.3 is 0 Å². The standard InChI is InChI=1S/C9H10ClIN2O/c1-7-12-6-8(11)9(14)13(7)5-3-2-4-10/h2-3,6H,4-5H2,1H3. The molecule has 1 heterocycles. The second kappa shape index (κ2) is 5.50. The molecule has 0 spiro atoms. The topological polar surface area (TPSA) is 34.9 Å². The van der Waals surface area contributed by atoms with Crippen molar-refractivity contribution in [2.24, 2.45) is 0 Å². The number of alkyl halides is 1. The third-order valence-electron chi connectivity index (χ3n) is 1.75. The number of rotatable bonds is 3. The summed E-state index contributed by atoms with van der Waals surface area (Å²) in [5, 5.41) is 0. The first-order valence-electron chi connectivity index (χ1n) is 4.09. The van der Waals surface area contributed by atoms with Crippen LogP contribution in [0.5, 0.6) is 0 Å². The summed E-state index contributed by atoms with van der Waals surface area (Å²) in [5.41, 5.74) is -0.00248. The van der Waals surface area contributed by atoms with E-state index in [9.17, 15) is 4.79 Å². The van der Waals surface area contributed by atoms with Crippen LogP contribution in [0.15, 0.2) is 23.1 Å². The molecule has 0 saturated carbocycles. The van der Waals surface area contributed by atoms with Crippen molar-refractivity contribution in [1.82, 2.24) is 9.55 Å². The maximum absolute atomic E-state index is 11.6. The maximum Gasteiger partial charge on any atom is 0.267 e. The van der Waals surface area contributed by atoms with Crippen molar-refractivity contribution in [2.75, 3.05) is 5.88 Å². The van der Waals surface area contributed by atoms with Gasteiger partial charge in [0.2, 0.25) is 0 Å². The highest BCUT2D eigenvalue weighted by molar-refractivity contribution is 14.1. The van der Waals surface area contributed by atoms with E-state index in [-0.39, 0.29) is 5.56 Å². The Balaban J connectivity index is 3.01. The van der Waals surface area contributed by atoms with Crippen LogP contribution in [0.25, 0.3) is 0 Å². The SMILES string of the molecule is Cc1ncc(I)c(=O)n1CC=CCCl. The Hall–Kier alpha value is -0.360. The fraction of sp³-hybridized carbons (Fsp3) is 0.333. The second-order valence-electron chi connectivity index (χ2n) is 2.69. The molecule has 0 N–H and O–H groups in total. The van der Waals surface area contributed by atoms with Gasteiger partial charge in [-0.3, -0.25) is 9.36 Å². The minimum absolute atomic E-state index is 0.00248. The van der Waals surface area contributed by atoms with Gasteiger partial charge >= 0.3 is 0 Å². The van der Waals surface area contributed by atoms with Gasteiger partial charge in [-0.1, -0.05) is 12.2 Å². The van der Waals surface area contributed by atoms with E-state index in [4.69, 9.17) is 11.6 Å². The predicted octanol–water partition coefficient (Wildman–Crippen LogP) is 1.95. The highest BCUT2D eigenvalue weighted by Gasteiger charge is 2.02. The Kier molecular flexibility index (Phi) is 4.60. The number of allylic oxidation sites excluding steroid dienone is 2. The molecule has 0 radical (unpaired) electrons. The van der Waals surface area contributed by atoms with Crippen molar-refractivity contribution < 1.29 is 0 Å². The third kappa shape index (κ3) is 2.81. The Morgan fingerprint density at radius 3 is 3.00 bits per heavy atom. The zero-order chi connectivity index (χ0) is 10.6. The maximum atomic E-state index is 11.6. The molecule has 0 saturated heterocycles. The second-order valence-corrected chi connectivity index (χ2v) is 4.17. The molecule has 0 fully saturated rings. The molecule has 14 heavy (non-hydrogen) atoms. The van der Waals surface area contributed by atoms with Crippen LogP contribution < -0.4 is 5.56 Å². The van der Waals surface area contributed by atoms with Gasteiger partial charge in [-0.25, -0.2) is 4.98 Å². The summed E-state index contributed by atoms with van der Waals surface area (Å²) >= 11 is 7.47. The van der Waals surface area contributed by atoms with E-state index in [2.05, 4.69) is 4.98 Å². The molecule has 1 rings (SSSR count). The summed E-state index contributed by atoms with van der Waals surface area (Å²) in [6.45, 7) is 2.34. The molecule has 0 amide bonds. The Labute approximate surface area is 101 Å². The van der Waals surface area contributed by atoms with Gasteiger partial charge in [0.1, 0.15) is 5.82 Å². The molecule has 0 unspecified atom stereocenters. The van der Waals surface area contributed by atoms with Crippen LogP contribution >= 0.6 is 34.2 Å². The van der Waals surface area contributed by atoms with E-state index in [1.165, 1.54) is 0 Å². The summed E-state index contributed by atoms with van der Waals surface area (Å²) in [6, 6.07) is 0. The van der Waals surface area contributed by atoms with E-state index in [0.717, 1.165) is 5.82 Å². The molecule has 3 nitrogen and oxygen atoms in total. The van der Waals surface area contributed by atoms with E-state index in [1.54, 1.807) is 10.8 Å². The van der Waals surface area contributed by atoms with E-state index < -0.39 is 0 Å². The van der Waals surface area contributed by atoms with Gasteiger partial charge in [0.15, 0.2) is 0 Å². The van der Waals surface area contributed by atoms with Crippen LogP contribution in [0, 0.1) is 10.5 Å². The summed E-state index contributed by atoms with van der Waals surface area (Å²) in [5.74, 6) is 1.18. The molecule has 76 valence electrons. The highest BCUT2D eigenvalue weighted by Crippen LogP contribution is 1.97. The van der Waals surface area contributed by atoms with Gasteiger partial charge in [-0.15, -0.1) is 11.6 Å². The van der Waals surface area contributed by atoms with Crippen molar-refractivity contribution in [3.8, 4) is 0 Å². The monoisotopic (exact) mass is 324 g/mol. The predicted molar refractivity (Wildman–Crippen MR) is 65.8 cm³/mol. The van der Waals surface area contributed by atoms with E-state index in [1.807, 2.05) is 41.7 Å². The smallest absolute Gasteiger partial charge is 0.267 e. The lowest BCUT2D eigenvalue weighted by Gasteiger charge is -2.05. The first-order chi connectivity index (χ1) is 6.66. The van der Waals surface area contributed by atoms with E-state index >= 15 is 0 Å². The summed E-state index contributed by atoms with van der Waals surface area (Å²) < 4.78 is 2.25. The van der Waals surface area contributed by atoms with Crippen LogP contribution in [-0.2, 0) is 6.54 Å². The fourth-order valence-electron chi connectivity index (χ4n) is 1.01. The van der Waals surface area contributed by atoms with Crippen LogP contribution in [0.1, 0.15) is 5.82 Å². The largest absolute Gasteiger partial charge is 0.292 e. The zero-order valence-corrected chi connectivity index (χ0v) is 10.6. The Morgan fingerprint density at radius 2 is 2.36 bits per heavy atom. The quantitative estimate of drug-likeness (QED) is 0.484. The van der Waals surface area contributed by atoms with Gasteiger partial charge in [0, 0.05) is 18.6 Å². The Bertz CT molecular complexity index is 400. The molecule has 1 aromatic heterocycles. The van der Waals surface area contributed by atoms with Gasteiger partial charge in [-0.2, -0.15) is 0 Å². The van der Waals surface area contributed by atoms with E-state index in [0.29, 0.717) is 16.0 Å². The molecule has 0 aromatic carbocycles. The number of hydrogen-bond donors (Lipinski definition) is 0. The molecule has 0 aliphatic carbocycles. The molecular formula is C9H10ClIN2O. The van der Waals surface area contributed by atoms with Gasteiger partial charge in [0.25, 0.3) is 5.56 Å². The number of halogens is 2. The lowest BCUT2D eigenvalue weighted by atomic mass is 10.4. The molecular weight excluding hydrogens is 314 g/mol. The molecule has 0 atom stereocenters.